The fourth-order valence-electron chi connectivity index (χ4n) is 5.72. The van der Waals surface area contributed by atoms with Crippen molar-refractivity contribution in [1.29, 1.82) is 0 Å². The van der Waals surface area contributed by atoms with E-state index in [0.717, 1.165) is 29.5 Å². The van der Waals surface area contributed by atoms with Gasteiger partial charge in [0.1, 0.15) is 18.2 Å². The van der Waals surface area contributed by atoms with Crippen LogP contribution in [-0.2, 0) is 30.9 Å². The lowest BCUT2D eigenvalue weighted by atomic mass is 9.75. The van der Waals surface area contributed by atoms with Gasteiger partial charge in [-0.3, -0.25) is 4.79 Å². The van der Waals surface area contributed by atoms with Gasteiger partial charge in [0, 0.05) is 5.92 Å². The number of carbonyl (C=O) groups is 1. The van der Waals surface area contributed by atoms with Gasteiger partial charge >= 0.3 is 5.97 Å². The Labute approximate surface area is 207 Å². The molecule has 1 spiro atoms. The monoisotopic (exact) mass is 493 g/mol. The van der Waals surface area contributed by atoms with E-state index in [4.69, 9.17) is 9.47 Å². The standard InChI is InChI=1S/C28H31NO5S/c1-4-5-11-24-28-17-16-23(34-28)20(3)25(28)26(27(30)33-18-21-9-7-6-8-10-21)29(24)35(31,32)22-14-12-19(2)13-15-22/h6-10,12-17,23-26H,3-5,11,18H2,1-2H3. The van der Waals surface area contributed by atoms with Crippen LogP contribution in [0.4, 0.5) is 0 Å². The van der Waals surface area contributed by atoms with E-state index in [9.17, 15) is 13.2 Å². The number of esters is 1. The Hall–Kier alpha value is -2.74. The number of nitrogens with zero attached hydrogens (tertiary/aromatic N) is 1. The molecule has 0 saturated carbocycles. The van der Waals surface area contributed by atoms with Crippen molar-refractivity contribution < 1.29 is 22.7 Å². The average molecular weight is 494 g/mol. The molecule has 5 rings (SSSR count). The number of rotatable bonds is 8. The zero-order valence-electron chi connectivity index (χ0n) is 20.1. The minimum absolute atomic E-state index is 0.0700. The number of benzene rings is 2. The molecule has 0 aliphatic carbocycles. The summed E-state index contributed by atoms with van der Waals surface area (Å²) in [6.45, 7) is 8.28. The second kappa shape index (κ2) is 9.04. The molecule has 35 heavy (non-hydrogen) atoms. The van der Waals surface area contributed by atoms with Crippen LogP contribution in [0.2, 0.25) is 0 Å². The maximum Gasteiger partial charge on any atom is 0.325 e. The van der Waals surface area contributed by atoms with Gasteiger partial charge in [0.2, 0.25) is 10.0 Å². The van der Waals surface area contributed by atoms with E-state index in [1.807, 2.05) is 49.4 Å². The molecule has 0 amide bonds. The van der Waals surface area contributed by atoms with E-state index >= 15 is 0 Å². The van der Waals surface area contributed by atoms with Crippen LogP contribution in [0.1, 0.15) is 37.3 Å². The first kappa shape index (κ1) is 24.0. The van der Waals surface area contributed by atoms with Crippen LogP contribution >= 0.6 is 0 Å². The Kier molecular flexibility index (Phi) is 6.20. The molecule has 0 N–H and O–H groups in total. The van der Waals surface area contributed by atoms with Crippen LogP contribution in [0.5, 0.6) is 0 Å². The van der Waals surface area contributed by atoms with E-state index in [-0.39, 0.29) is 17.6 Å². The van der Waals surface area contributed by atoms with Crippen LogP contribution in [0.3, 0.4) is 0 Å². The largest absolute Gasteiger partial charge is 0.460 e. The van der Waals surface area contributed by atoms with Crippen LogP contribution < -0.4 is 0 Å². The Balaban J connectivity index is 1.58. The zero-order valence-corrected chi connectivity index (χ0v) is 20.9. The van der Waals surface area contributed by atoms with Gasteiger partial charge in [-0.1, -0.05) is 86.5 Å². The smallest absolute Gasteiger partial charge is 0.325 e. The molecule has 184 valence electrons. The number of carbonyl (C=O) groups excluding carboxylic acids is 1. The Bertz CT molecular complexity index is 1250. The average Bonchev–Trinajstić information content (AvgIpc) is 3.50. The summed E-state index contributed by atoms with van der Waals surface area (Å²) in [7, 11) is -4.03. The molecule has 3 aliphatic rings. The summed E-state index contributed by atoms with van der Waals surface area (Å²) in [5.41, 5.74) is 1.62. The van der Waals surface area contributed by atoms with Gasteiger partial charge in [-0.15, -0.1) is 0 Å². The summed E-state index contributed by atoms with van der Waals surface area (Å²) in [5.74, 6) is -1.07. The van der Waals surface area contributed by atoms with Crippen LogP contribution in [0.15, 0.2) is 83.8 Å². The Morgan fingerprint density at radius 2 is 1.86 bits per heavy atom. The molecule has 2 aromatic rings. The maximum atomic E-state index is 14.1. The summed E-state index contributed by atoms with van der Waals surface area (Å²) in [4.78, 5) is 13.9. The molecule has 3 heterocycles. The molecule has 5 unspecified atom stereocenters. The minimum Gasteiger partial charge on any atom is -0.460 e. The minimum atomic E-state index is -4.03. The molecule has 7 heteroatoms. The maximum absolute atomic E-state index is 14.1. The SMILES string of the molecule is C=C1C2C=CC3(O2)C1C(C(=O)OCc1ccccc1)N(S(=O)(=O)c1ccc(C)cc1)C3CCCC. The summed E-state index contributed by atoms with van der Waals surface area (Å²) >= 11 is 0. The quantitative estimate of drug-likeness (QED) is 0.399. The predicted molar refractivity (Wildman–Crippen MR) is 133 cm³/mol. The van der Waals surface area contributed by atoms with Crippen molar-refractivity contribution in [3.8, 4) is 0 Å². The number of fused-ring (bicyclic) bond motifs is 1. The molecule has 0 aromatic heterocycles. The highest BCUT2D eigenvalue weighted by Crippen LogP contribution is 2.58. The lowest BCUT2D eigenvalue weighted by Crippen LogP contribution is -2.49. The third-order valence-corrected chi connectivity index (χ3v) is 9.33. The number of sulfonamides is 1. The topological polar surface area (TPSA) is 72.9 Å². The molecule has 2 aromatic carbocycles. The van der Waals surface area contributed by atoms with Gasteiger partial charge in [0.25, 0.3) is 0 Å². The highest BCUT2D eigenvalue weighted by Gasteiger charge is 2.71. The van der Waals surface area contributed by atoms with Crippen molar-refractivity contribution in [3.05, 3.63) is 90.0 Å². The first-order chi connectivity index (χ1) is 16.8. The van der Waals surface area contributed by atoms with Crippen molar-refractivity contribution in [1.82, 2.24) is 4.31 Å². The van der Waals surface area contributed by atoms with Crippen molar-refractivity contribution in [3.63, 3.8) is 0 Å². The summed E-state index contributed by atoms with van der Waals surface area (Å²) in [6.07, 6.45) is 5.86. The molecule has 2 saturated heterocycles. The molecular formula is C28H31NO5S. The number of hydrogen-bond donors (Lipinski definition) is 0. The summed E-state index contributed by atoms with van der Waals surface area (Å²) < 4.78 is 41.8. The first-order valence-corrected chi connectivity index (χ1v) is 13.6. The highest BCUT2D eigenvalue weighted by atomic mass is 32.2. The van der Waals surface area contributed by atoms with E-state index in [0.29, 0.717) is 6.42 Å². The Morgan fingerprint density at radius 3 is 2.54 bits per heavy atom. The van der Waals surface area contributed by atoms with Crippen molar-refractivity contribution >= 4 is 16.0 Å². The number of unbranched alkanes of at least 4 members (excludes halogenated alkanes) is 1. The lowest BCUT2D eigenvalue weighted by molar-refractivity contribution is -0.150. The third-order valence-electron chi connectivity index (χ3n) is 7.42. The molecule has 2 bridgehead atoms. The molecule has 5 atom stereocenters. The molecule has 3 aliphatic heterocycles. The van der Waals surface area contributed by atoms with Crippen molar-refractivity contribution in [2.45, 2.75) is 68.4 Å². The fourth-order valence-corrected chi connectivity index (χ4v) is 7.55. The van der Waals surface area contributed by atoms with Crippen LogP contribution in [0.25, 0.3) is 0 Å². The van der Waals surface area contributed by atoms with E-state index in [1.165, 1.54) is 4.31 Å². The van der Waals surface area contributed by atoms with Gasteiger partial charge in [-0.2, -0.15) is 4.31 Å². The number of ether oxygens (including phenoxy) is 2. The van der Waals surface area contributed by atoms with E-state index < -0.39 is 39.6 Å². The van der Waals surface area contributed by atoms with Gasteiger partial charge in [0.15, 0.2) is 0 Å². The summed E-state index contributed by atoms with van der Waals surface area (Å²) in [5, 5.41) is 0. The van der Waals surface area contributed by atoms with Gasteiger partial charge < -0.3 is 9.47 Å². The van der Waals surface area contributed by atoms with Crippen molar-refractivity contribution in [2.24, 2.45) is 5.92 Å². The highest BCUT2D eigenvalue weighted by molar-refractivity contribution is 7.89. The first-order valence-electron chi connectivity index (χ1n) is 12.2. The zero-order chi connectivity index (χ0) is 24.8. The number of aryl methyl sites for hydroxylation is 1. The predicted octanol–water partition coefficient (Wildman–Crippen LogP) is 4.55. The van der Waals surface area contributed by atoms with Gasteiger partial charge in [0.05, 0.1) is 17.0 Å². The lowest BCUT2D eigenvalue weighted by Gasteiger charge is -2.33. The molecular weight excluding hydrogens is 462 g/mol. The Morgan fingerprint density at radius 1 is 1.14 bits per heavy atom. The second-order valence-corrected chi connectivity index (χ2v) is 11.5. The number of hydrogen-bond acceptors (Lipinski definition) is 5. The fraction of sp³-hybridized carbons (Fsp3) is 0.393. The summed E-state index contributed by atoms with van der Waals surface area (Å²) in [6, 6.07) is 14.5. The van der Waals surface area contributed by atoms with Crippen LogP contribution in [-0.4, -0.2) is 42.5 Å². The van der Waals surface area contributed by atoms with Gasteiger partial charge in [-0.25, -0.2) is 8.42 Å². The molecule has 6 nitrogen and oxygen atoms in total. The van der Waals surface area contributed by atoms with Crippen molar-refractivity contribution in [2.75, 3.05) is 0 Å². The third kappa shape index (κ3) is 3.86. The van der Waals surface area contributed by atoms with Crippen LogP contribution in [0, 0.1) is 12.8 Å². The normalized spacial score (nSPS) is 29.5. The van der Waals surface area contributed by atoms with E-state index in [1.54, 1.807) is 24.3 Å². The van der Waals surface area contributed by atoms with E-state index in [2.05, 4.69) is 13.5 Å². The second-order valence-electron chi connectivity index (χ2n) is 9.65. The van der Waals surface area contributed by atoms with Gasteiger partial charge in [-0.05, 0) is 36.6 Å². The molecule has 2 fully saturated rings. The molecule has 0 radical (unpaired) electrons.